The maximum atomic E-state index is 12.3. The van der Waals surface area contributed by atoms with Gasteiger partial charge < -0.3 is 20.1 Å². The quantitative estimate of drug-likeness (QED) is 0.813. The van der Waals surface area contributed by atoms with Crippen LogP contribution in [0.25, 0.3) is 0 Å². The van der Waals surface area contributed by atoms with Gasteiger partial charge in [0.05, 0.1) is 26.4 Å². The summed E-state index contributed by atoms with van der Waals surface area (Å²) in [5.74, 6) is 0.675. The first-order valence-corrected chi connectivity index (χ1v) is 8.07. The molecule has 0 bridgehead atoms. The van der Waals surface area contributed by atoms with Gasteiger partial charge in [-0.25, -0.2) is 0 Å². The molecule has 2 unspecified atom stereocenters. The molecule has 1 saturated heterocycles. The third-order valence-electron chi connectivity index (χ3n) is 4.74. The standard InChI is InChI=1S/C16H30N2O3/c1-13-8-15(2,3)11-16(9-13,12-19)17-10-14(20)18-4-6-21-7-5-18/h13,17,19H,4-12H2,1-3H3. The number of hydrogen-bond donors (Lipinski definition) is 2. The Bertz CT molecular complexity index is 367. The Balaban J connectivity index is 1.93. The average molecular weight is 298 g/mol. The fraction of sp³-hybridized carbons (Fsp3) is 0.938. The lowest BCUT2D eigenvalue weighted by Gasteiger charge is -2.47. The third kappa shape index (κ3) is 4.41. The molecule has 1 aliphatic carbocycles. The molecule has 2 N–H and O–H groups in total. The molecule has 5 nitrogen and oxygen atoms in total. The predicted molar refractivity (Wildman–Crippen MR) is 82.0 cm³/mol. The van der Waals surface area contributed by atoms with Gasteiger partial charge in [-0.2, -0.15) is 0 Å². The molecule has 1 heterocycles. The lowest BCUT2D eigenvalue weighted by molar-refractivity contribution is -0.135. The van der Waals surface area contributed by atoms with E-state index in [9.17, 15) is 9.90 Å². The summed E-state index contributed by atoms with van der Waals surface area (Å²) in [5.41, 5.74) is -0.113. The SMILES string of the molecule is CC1CC(C)(C)CC(CO)(NCC(=O)N2CCOCC2)C1. The van der Waals surface area contributed by atoms with Crippen LogP contribution < -0.4 is 5.32 Å². The molecule has 0 aromatic heterocycles. The van der Waals surface area contributed by atoms with Crippen molar-refractivity contribution in [1.82, 2.24) is 10.2 Å². The molecule has 1 amide bonds. The van der Waals surface area contributed by atoms with Gasteiger partial charge >= 0.3 is 0 Å². The molecule has 21 heavy (non-hydrogen) atoms. The molecule has 1 aliphatic heterocycles. The molecule has 2 atom stereocenters. The Morgan fingerprint density at radius 2 is 2.00 bits per heavy atom. The Hall–Kier alpha value is -0.650. The molecule has 2 aliphatic rings. The van der Waals surface area contributed by atoms with Crippen molar-refractivity contribution in [3.05, 3.63) is 0 Å². The number of carbonyl (C=O) groups is 1. The van der Waals surface area contributed by atoms with Crippen molar-refractivity contribution < 1.29 is 14.6 Å². The lowest BCUT2D eigenvalue weighted by atomic mass is 9.64. The summed E-state index contributed by atoms with van der Waals surface area (Å²) in [6.45, 7) is 9.74. The van der Waals surface area contributed by atoms with Crippen LogP contribution in [-0.2, 0) is 9.53 Å². The van der Waals surface area contributed by atoms with Crippen molar-refractivity contribution in [2.75, 3.05) is 39.5 Å². The van der Waals surface area contributed by atoms with Crippen LogP contribution in [0.3, 0.4) is 0 Å². The zero-order valence-electron chi connectivity index (χ0n) is 13.7. The van der Waals surface area contributed by atoms with E-state index in [-0.39, 0.29) is 23.5 Å². The third-order valence-corrected chi connectivity index (χ3v) is 4.74. The predicted octanol–water partition coefficient (Wildman–Crippen LogP) is 1.01. The van der Waals surface area contributed by atoms with Crippen LogP contribution in [-0.4, -0.2) is 60.9 Å². The van der Waals surface area contributed by atoms with Crippen LogP contribution in [0, 0.1) is 11.3 Å². The maximum absolute atomic E-state index is 12.3. The highest BCUT2D eigenvalue weighted by molar-refractivity contribution is 5.78. The first kappa shape index (κ1) is 16.7. The number of nitrogens with zero attached hydrogens (tertiary/aromatic N) is 1. The largest absolute Gasteiger partial charge is 0.394 e. The van der Waals surface area contributed by atoms with Crippen LogP contribution >= 0.6 is 0 Å². The highest BCUT2D eigenvalue weighted by Gasteiger charge is 2.42. The van der Waals surface area contributed by atoms with Crippen molar-refractivity contribution in [2.45, 2.75) is 45.6 Å². The van der Waals surface area contributed by atoms with Gasteiger partial charge in [-0.1, -0.05) is 20.8 Å². The average Bonchev–Trinajstić information content (AvgIpc) is 2.43. The molecule has 2 fully saturated rings. The molecule has 2 rings (SSSR count). The van der Waals surface area contributed by atoms with E-state index < -0.39 is 0 Å². The second-order valence-electron chi connectivity index (χ2n) is 7.64. The van der Waals surface area contributed by atoms with E-state index in [0.29, 0.717) is 38.8 Å². The lowest BCUT2D eigenvalue weighted by Crippen LogP contribution is -2.58. The summed E-state index contributed by atoms with van der Waals surface area (Å²) >= 11 is 0. The van der Waals surface area contributed by atoms with Crippen LogP contribution in [0.1, 0.15) is 40.0 Å². The zero-order valence-corrected chi connectivity index (χ0v) is 13.7. The Labute approximate surface area is 128 Å². The molecular weight excluding hydrogens is 268 g/mol. The summed E-state index contributed by atoms with van der Waals surface area (Å²) in [6, 6.07) is 0. The highest BCUT2D eigenvalue weighted by Crippen LogP contribution is 2.43. The van der Waals surface area contributed by atoms with E-state index >= 15 is 0 Å². The van der Waals surface area contributed by atoms with Crippen molar-refractivity contribution in [3.8, 4) is 0 Å². The molecule has 0 aromatic carbocycles. The number of morpholine rings is 1. The molecule has 1 saturated carbocycles. The van der Waals surface area contributed by atoms with Crippen LogP contribution in [0.2, 0.25) is 0 Å². The molecule has 0 radical (unpaired) electrons. The first-order valence-electron chi connectivity index (χ1n) is 8.07. The van der Waals surface area contributed by atoms with Gasteiger partial charge in [0, 0.05) is 18.6 Å². The highest BCUT2D eigenvalue weighted by atomic mass is 16.5. The van der Waals surface area contributed by atoms with Crippen LogP contribution in [0.15, 0.2) is 0 Å². The zero-order chi connectivity index (χ0) is 15.5. The maximum Gasteiger partial charge on any atom is 0.236 e. The monoisotopic (exact) mass is 298 g/mol. The topological polar surface area (TPSA) is 61.8 Å². The minimum Gasteiger partial charge on any atom is -0.394 e. The Kier molecular flexibility index (Phi) is 5.28. The number of rotatable bonds is 4. The number of aliphatic hydroxyl groups excluding tert-OH is 1. The minimum absolute atomic E-state index is 0.0944. The van der Waals surface area contributed by atoms with Gasteiger partial charge in [-0.15, -0.1) is 0 Å². The summed E-state index contributed by atoms with van der Waals surface area (Å²) in [6.07, 6.45) is 3.02. The van der Waals surface area contributed by atoms with Gasteiger partial charge in [0.15, 0.2) is 0 Å². The molecule has 0 aromatic rings. The second-order valence-corrected chi connectivity index (χ2v) is 7.64. The number of hydrogen-bond acceptors (Lipinski definition) is 4. The molecule has 5 heteroatoms. The number of carbonyl (C=O) groups excluding carboxylic acids is 1. The number of aliphatic hydroxyl groups is 1. The van der Waals surface area contributed by atoms with Crippen molar-refractivity contribution in [3.63, 3.8) is 0 Å². The Morgan fingerprint density at radius 3 is 2.57 bits per heavy atom. The summed E-state index contributed by atoms with van der Waals surface area (Å²) < 4.78 is 5.27. The van der Waals surface area contributed by atoms with Gasteiger partial charge in [-0.05, 0) is 30.6 Å². The number of nitrogens with one attached hydrogen (secondary N) is 1. The smallest absolute Gasteiger partial charge is 0.236 e. The molecule has 0 spiro atoms. The van der Waals surface area contributed by atoms with E-state index in [1.54, 1.807) is 0 Å². The van der Waals surface area contributed by atoms with E-state index in [4.69, 9.17) is 4.74 Å². The molecule has 122 valence electrons. The fourth-order valence-corrected chi connectivity index (χ4v) is 4.24. The fourth-order valence-electron chi connectivity index (χ4n) is 4.24. The second kappa shape index (κ2) is 6.63. The number of ether oxygens (including phenoxy) is 1. The number of amides is 1. The summed E-state index contributed by atoms with van der Waals surface area (Å²) in [4.78, 5) is 14.1. The normalized spacial score (nSPS) is 33.0. The van der Waals surface area contributed by atoms with Gasteiger partial charge in [0.1, 0.15) is 0 Å². The van der Waals surface area contributed by atoms with Gasteiger partial charge in [0.2, 0.25) is 5.91 Å². The minimum atomic E-state index is -0.316. The first-order chi connectivity index (χ1) is 9.86. The van der Waals surface area contributed by atoms with Gasteiger partial charge in [-0.3, -0.25) is 4.79 Å². The van der Waals surface area contributed by atoms with E-state index in [1.807, 2.05) is 4.90 Å². The summed E-state index contributed by atoms with van der Waals surface area (Å²) in [5, 5.41) is 13.3. The van der Waals surface area contributed by atoms with E-state index in [1.165, 1.54) is 6.42 Å². The Morgan fingerprint density at radius 1 is 1.33 bits per heavy atom. The van der Waals surface area contributed by atoms with Crippen molar-refractivity contribution in [2.24, 2.45) is 11.3 Å². The van der Waals surface area contributed by atoms with Crippen LogP contribution in [0.4, 0.5) is 0 Å². The van der Waals surface area contributed by atoms with E-state index in [0.717, 1.165) is 12.8 Å². The van der Waals surface area contributed by atoms with Crippen LogP contribution in [0.5, 0.6) is 0 Å². The van der Waals surface area contributed by atoms with Gasteiger partial charge in [0.25, 0.3) is 0 Å². The summed E-state index contributed by atoms with van der Waals surface area (Å²) in [7, 11) is 0. The van der Waals surface area contributed by atoms with Crippen molar-refractivity contribution in [1.29, 1.82) is 0 Å². The molecular formula is C16H30N2O3. The van der Waals surface area contributed by atoms with Crippen molar-refractivity contribution >= 4 is 5.91 Å². The van der Waals surface area contributed by atoms with E-state index in [2.05, 4.69) is 26.1 Å².